The molecule has 2 heterocycles. The van der Waals surface area contributed by atoms with Crippen LogP contribution >= 0.6 is 0 Å². The van der Waals surface area contributed by atoms with E-state index >= 15 is 0 Å². The fraction of sp³-hybridized carbons (Fsp3) is 0.417. The zero-order valence-electron chi connectivity index (χ0n) is 10.5. The molecule has 1 saturated heterocycles. The normalized spacial score (nSPS) is 19.0. The highest BCUT2D eigenvalue weighted by Crippen LogP contribution is 2.24. The molecule has 2 N–H and O–H groups in total. The second-order valence-corrected chi connectivity index (χ2v) is 4.12. The molecular weight excluding hydrogens is 250 g/mol. The molecule has 7 heteroatoms. The third kappa shape index (κ3) is 2.65. The van der Waals surface area contributed by atoms with Gasteiger partial charge in [0.1, 0.15) is 0 Å². The first-order valence-electron chi connectivity index (χ1n) is 5.88. The second-order valence-electron chi connectivity index (χ2n) is 4.12. The minimum Gasteiger partial charge on any atom is -0.465 e. The highest BCUT2D eigenvalue weighted by atomic mass is 16.5. The van der Waals surface area contributed by atoms with E-state index in [1.54, 1.807) is 12.1 Å². The average Bonchev–Trinajstić information content (AvgIpc) is 2.46. The molecule has 1 fully saturated rings. The van der Waals surface area contributed by atoms with Crippen molar-refractivity contribution in [2.75, 3.05) is 26.7 Å². The Morgan fingerprint density at radius 1 is 1.58 bits per heavy atom. The highest BCUT2D eigenvalue weighted by Gasteiger charge is 2.31. The van der Waals surface area contributed by atoms with Gasteiger partial charge < -0.3 is 15.2 Å². The number of aromatic nitrogens is 1. The number of nitrogens with one attached hydrogen (secondary N) is 1. The lowest BCUT2D eigenvalue weighted by atomic mass is 10.0. The molecule has 2 rings (SSSR count). The molecule has 0 radical (unpaired) electrons. The van der Waals surface area contributed by atoms with E-state index in [0.29, 0.717) is 30.9 Å². The minimum absolute atomic E-state index is 0.296. The summed E-state index contributed by atoms with van der Waals surface area (Å²) in [5.41, 5.74) is 0.717. The molecule has 0 spiro atoms. The Bertz CT molecular complexity index is 492. The molecule has 102 valence electrons. The molecule has 0 aliphatic carbocycles. The van der Waals surface area contributed by atoms with Crippen molar-refractivity contribution in [2.45, 2.75) is 6.04 Å². The number of nitrogens with zero attached hydrogens (tertiary/aromatic N) is 2. The number of carbonyl (C=O) groups is 2. The highest BCUT2D eigenvalue weighted by molar-refractivity contribution is 5.90. The van der Waals surface area contributed by atoms with Gasteiger partial charge in [-0.3, -0.25) is 9.88 Å². The van der Waals surface area contributed by atoms with Gasteiger partial charge in [-0.1, -0.05) is 0 Å². The molecule has 1 aromatic heterocycles. The fourth-order valence-electron chi connectivity index (χ4n) is 2.14. The Kier molecular flexibility index (Phi) is 3.96. The van der Waals surface area contributed by atoms with Gasteiger partial charge in [0, 0.05) is 25.8 Å². The summed E-state index contributed by atoms with van der Waals surface area (Å²) in [5.74, 6) is -0.515. The maximum atomic E-state index is 11.7. The number of pyridine rings is 1. The van der Waals surface area contributed by atoms with E-state index < -0.39 is 18.1 Å². The van der Waals surface area contributed by atoms with Crippen molar-refractivity contribution in [1.29, 1.82) is 0 Å². The van der Waals surface area contributed by atoms with Crippen LogP contribution in [0.3, 0.4) is 0 Å². The molecule has 19 heavy (non-hydrogen) atoms. The molecule has 0 aromatic carbocycles. The Balaban J connectivity index is 2.39. The van der Waals surface area contributed by atoms with Gasteiger partial charge in [-0.25, -0.2) is 9.59 Å². The number of carbonyl (C=O) groups excluding carboxylic acids is 1. The fourth-order valence-corrected chi connectivity index (χ4v) is 2.14. The first kappa shape index (κ1) is 13.3. The number of ether oxygens (including phenoxy) is 1. The monoisotopic (exact) mass is 265 g/mol. The van der Waals surface area contributed by atoms with E-state index in [0.717, 1.165) is 0 Å². The maximum absolute atomic E-state index is 11.7. The largest absolute Gasteiger partial charge is 0.465 e. The molecule has 1 aliphatic heterocycles. The Labute approximate surface area is 110 Å². The maximum Gasteiger partial charge on any atom is 0.407 e. The summed E-state index contributed by atoms with van der Waals surface area (Å²) in [4.78, 5) is 28.4. The summed E-state index contributed by atoms with van der Waals surface area (Å²) in [7, 11) is 1.28. The summed E-state index contributed by atoms with van der Waals surface area (Å²) < 4.78 is 4.70. The van der Waals surface area contributed by atoms with Crippen LogP contribution in [0.5, 0.6) is 0 Å². The van der Waals surface area contributed by atoms with E-state index in [1.165, 1.54) is 18.2 Å². The second kappa shape index (κ2) is 5.66. The van der Waals surface area contributed by atoms with E-state index in [4.69, 9.17) is 4.74 Å². The molecule has 7 nitrogen and oxygen atoms in total. The van der Waals surface area contributed by atoms with Crippen LogP contribution in [0.4, 0.5) is 4.79 Å². The smallest absolute Gasteiger partial charge is 0.407 e. The molecule has 1 atom stereocenters. The van der Waals surface area contributed by atoms with Gasteiger partial charge in [0.05, 0.1) is 24.4 Å². The van der Waals surface area contributed by atoms with Crippen LogP contribution in [0.2, 0.25) is 0 Å². The van der Waals surface area contributed by atoms with Crippen LogP contribution in [0.1, 0.15) is 22.1 Å². The first-order valence-corrected chi connectivity index (χ1v) is 5.88. The van der Waals surface area contributed by atoms with Crippen molar-refractivity contribution in [2.24, 2.45) is 0 Å². The lowest BCUT2D eigenvalue weighted by Crippen LogP contribution is -2.48. The predicted molar refractivity (Wildman–Crippen MR) is 65.9 cm³/mol. The van der Waals surface area contributed by atoms with Crippen LogP contribution in [-0.4, -0.2) is 53.8 Å². The first-order chi connectivity index (χ1) is 9.15. The Morgan fingerprint density at radius 2 is 2.37 bits per heavy atom. The van der Waals surface area contributed by atoms with Crippen LogP contribution in [0.25, 0.3) is 0 Å². The van der Waals surface area contributed by atoms with Crippen molar-refractivity contribution in [3.8, 4) is 0 Å². The van der Waals surface area contributed by atoms with Crippen molar-refractivity contribution in [3.05, 3.63) is 29.6 Å². The van der Waals surface area contributed by atoms with Crippen LogP contribution < -0.4 is 5.32 Å². The van der Waals surface area contributed by atoms with Gasteiger partial charge in [0.2, 0.25) is 0 Å². The molecule has 1 unspecified atom stereocenters. The SMILES string of the molecule is COC(=O)c1cccnc1C1CNCCN1C(=O)O. The van der Waals surface area contributed by atoms with Crippen LogP contribution in [0.15, 0.2) is 18.3 Å². The number of carboxylic acid groups (broad SMARTS) is 1. The zero-order valence-corrected chi connectivity index (χ0v) is 10.5. The Hall–Kier alpha value is -2.15. The van der Waals surface area contributed by atoms with Crippen LogP contribution in [0, 0.1) is 0 Å². The summed E-state index contributed by atoms with van der Waals surface area (Å²) in [6, 6.07) is 2.72. The van der Waals surface area contributed by atoms with E-state index in [1.807, 2.05) is 0 Å². The van der Waals surface area contributed by atoms with Crippen LogP contribution in [-0.2, 0) is 4.74 Å². The standard InChI is InChI=1S/C12H15N3O4/c1-19-11(16)8-3-2-4-14-10(8)9-7-13-5-6-15(9)12(17)18/h2-4,9,13H,5-7H2,1H3,(H,17,18). The quantitative estimate of drug-likeness (QED) is 0.756. The molecule has 1 aliphatic rings. The van der Waals surface area contributed by atoms with Gasteiger partial charge >= 0.3 is 12.1 Å². The summed E-state index contributed by atoms with van der Waals surface area (Å²) >= 11 is 0. The van der Waals surface area contributed by atoms with Gasteiger partial charge in [-0.15, -0.1) is 0 Å². The van der Waals surface area contributed by atoms with Gasteiger partial charge in [0.25, 0.3) is 0 Å². The molecule has 1 amide bonds. The lowest BCUT2D eigenvalue weighted by molar-refractivity contribution is 0.0591. The molecule has 1 aromatic rings. The van der Waals surface area contributed by atoms with E-state index in [-0.39, 0.29) is 0 Å². The van der Waals surface area contributed by atoms with Gasteiger partial charge in [-0.05, 0) is 12.1 Å². The van der Waals surface area contributed by atoms with E-state index in [2.05, 4.69) is 10.3 Å². The van der Waals surface area contributed by atoms with Crippen molar-refractivity contribution in [3.63, 3.8) is 0 Å². The predicted octanol–water partition coefficient (Wildman–Crippen LogP) is 0.492. The third-order valence-corrected chi connectivity index (χ3v) is 3.05. The topological polar surface area (TPSA) is 91.8 Å². The average molecular weight is 265 g/mol. The number of piperazine rings is 1. The number of hydrogen-bond donors (Lipinski definition) is 2. The minimum atomic E-state index is -1.02. The van der Waals surface area contributed by atoms with Crippen molar-refractivity contribution >= 4 is 12.1 Å². The Morgan fingerprint density at radius 3 is 3.05 bits per heavy atom. The van der Waals surface area contributed by atoms with E-state index in [9.17, 15) is 14.7 Å². The number of hydrogen-bond acceptors (Lipinski definition) is 5. The van der Waals surface area contributed by atoms with Crippen molar-refractivity contribution in [1.82, 2.24) is 15.2 Å². The number of esters is 1. The molecule has 0 saturated carbocycles. The zero-order chi connectivity index (χ0) is 13.8. The molecule has 0 bridgehead atoms. The molecular formula is C12H15N3O4. The number of amides is 1. The summed E-state index contributed by atoms with van der Waals surface area (Å²) in [6.07, 6.45) is 0.518. The van der Waals surface area contributed by atoms with Gasteiger partial charge in [0.15, 0.2) is 0 Å². The number of methoxy groups -OCH3 is 1. The van der Waals surface area contributed by atoms with Gasteiger partial charge in [-0.2, -0.15) is 0 Å². The third-order valence-electron chi connectivity index (χ3n) is 3.05. The summed E-state index contributed by atoms with van der Waals surface area (Å²) in [6.45, 7) is 1.37. The summed E-state index contributed by atoms with van der Waals surface area (Å²) in [5, 5.41) is 12.3. The lowest BCUT2D eigenvalue weighted by Gasteiger charge is -2.34. The number of rotatable bonds is 2. The van der Waals surface area contributed by atoms with Crippen molar-refractivity contribution < 1.29 is 19.4 Å².